The first-order valence-electron chi connectivity index (χ1n) is 20.4. The molecular formula is C49H59NO9. The molecule has 0 aromatic heterocycles. The number of ether oxygens (including phenoxy) is 5. The highest BCUT2D eigenvalue weighted by Crippen LogP contribution is 2.59. The molecule has 59 heavy (non-hydrogen) atoms. The molecule has 1 fully saturated rings. The van der Waals surface area contributed by atoms with E-state index in [1.165, 1.54) is 5.57 Å². The summed E-state index contributed by atoms with van der Waals surface area (Å²) < 4.78 is 27.6. The highest BCUT2D eigenvalue weighted by atomic mass is 16.5. The van der Waals surface area contributed by atoms with E-state index in [9.17, 15) is 19.8 Å². The summed E-state index contributed by atoms with van der Waals surface area (Å²) in [5.74, 6) is 2.41. The van der Waals surface area contributed by atoms with Gasteiger partial charge >= 0.3 is 0 Å². The van der Waals surface area contributed by atoms with Crippen molar-refractivity contribution < 1.29 is 43.5 Å². The van der Waals surface area contributed by atoms with E-state index in [1.807, 2.05) is 36.4 Å². The van der Waals surface area contributed by atoms with Crippen LogP contribution in [0.15, 0.2) is 90.5 Å². The van der Waals surface area contributed by atoms with Crippen molar-refractivity contribution in [2.24, 2.45) is 5.41 Å². The molecule has 2 bridgehead atoms. The fourth-order valence-electron chi connectivity index (χ4n) is 9.11. The number of methoxy groups -OCH3 is 5. The molecule has 0 spiro atoms. The molecule has 0 heterocycles. The third kappa shape index (κ3) is 9.45. The summed E-state index contributed by atoms with van der Waals surface area (Å²) in [6, 6.07) is 24.1. The second-order valence-corrected chi connectivity index (χ2v) is 16.3. The topological polar surface area (TPSA) is 124 Å². The Kier molecular flexibility index (Phi) is 13.7. The van der Waals surface area contributed by atoms with Gasteiger partial charge in [0.25, 0.3) is 0 Å². The highest BCUT2D eigenvalue weighted by Gasteiger charge is 2.57. The molecule has 0 aliphatic heterocycles. The molecule has 3 aliphatic carbocycles. The van der Waals surface area contributed by atoms with Gasteiger partial charge in [0.2, 0.25) is 5.91 Å². The van der Waals surface area contributed by atoms with Crippen molar-refractivity contribution in [3.63, 3.8) is 0 Å². The fraction of sp³-hybridized carbons (Fsp3) is 0.429. The van der Waals surface area contributed by atoms with Crippen molar-refractivity contribution in [2.75, 3.05) is 42.1 Å². The van der Waals surface area contributed by atoms with Crippen molar-refractivity contribution in [1.82, 2.24) is 4.90 Å². The first-order valence-corrected chi connectivity index (χ1v) is 20.4. The Morgan fingerprint density at radius 3 is 2.19 bits per heavy atom. The summed E-state index contributed by atoms with van der Waals surface area (Å²) in [4.78, 5) is 31.0. The lowest BCUT2D eigenvalue weighted by atomic mass is 9.64. The van der Waals surface area contributed by atoms with Crippen LogP contribution < -0.4 is 23.7 Å². The van der Waals surface area contributed by atoms with Gasteiger partial charge in [-0.1, -0.05) is 36.8 Å². The lowest BCUT2D eigenvalue weighted by Crippen LogP contribution is -2.53. The van der Waals surface area contributed by atoms with E-state index < -0.39 is 17.1 Å². The normalized spacial score (nSPS) is 21.7. The van der Waals surface area contributed by atoms with Gasteiger partial charge < -0.3 is 38.8 Å². The zero-order valence-corrected chi connectivity index (χ0v) is 35.5. The number of aliphatic hydroxyl groups excluding tert-OH is 1. The molecule has 0 saturated heterocycles. The van der Waals surface area contributed by atoms with E-state index in [0.717, 1.165) is 28.7 Å². The van der Waals surface area contributed by atoms with Crippen LogP contribution in [0.5, 0.6) is 28.7 Å². The van der Waals surface area contributed by atoms with Crippen molar-refractivity contribution in [3.8, 4) is 28.7 Å². The molecule has 0 radical (unpaired) electrons. The Balaban J connectivity index is 1.44. The third-order valence-corrected chi connectivity index (χ3v) is 12.7. The number of nitrogens with zero attached hydrogens (tertiary/aromatic N) is 1. The molecule has 1 saturated carbocycles. The molecule has 10 heteroatoms. The lowest BCUT2D eigenvalue weighted by molar-refractivity contribution is -0.140. The van der Waals surface area contributed by atoms with Gasteiger partial charge in [-0.3, -0.25) is 9.59 Å². The largest absolute Gasteiger partial charge is 0.497 e. The monoisotopic (exact) mass is 805 g/mol. The summed E-state index contributed by atoms with van der Waals surface area (Å²) in [6.07, 6.45) is 5.79. The van der Waals surface area contributed by atoms with Crippen LogP contribution in [0.1, 0.15) is 96.5 Å². The predicted octanol–water partition coefficient (Wildman–Crippen LogP) is 8.27. The maximum Gasteiger partial charge on any atom is 0.227 e. The van der Waals surface area contributed by atoms with Gasteiger partial charge in [0.05, 0.1) is 60.2 Å². The Morgan fingerprint density at radius 1 is 0.780 bits per heavy atom. The number of carbonyl (C=O) groups excluding carboxylic acids is 2. The zero-order valence-electron chi connectivity index (χ0n) is 35.5. The maximum atomic E-state index is 14.7. The van der Waals surface area contributed by atoms with Gasteiger partial charge in [-0.15, -0.1) is 0 Å². The second kappa shape index (κ2) is 18.7. The Hall–Kier alpha value is -5.32. The van der Waals surface area contributed by atoms with Crippen LogP contribution in [0.3, 0.4) is 0 Å². The summed E-state index contributed by atoms with van der Waals surface area (Å²) in [5.41, 5.74) is 3.42. The quantitative estimate of drug-likeness (QED) is 0.102. The molecule has 4 aromatic carbocycles. The van der Waals surface area contributed by atoms with Gasteiger partial charge in [0, 0.05) is 34.7 Å². The molecule has 10 nitrogen and oxygen atoms in total. The number of hydrogen-bond acceptors (Lipinski definition) is 9. The van der Waals surface area contributed by atoms with E-state index in [0.29, 0.717) is 78.4 Å². The standard InChI is InChI=1S/C49H59NO9/c1-32-9-8-23-48(2)42(40-20-11-33(25-37(51)16-10-32)26-41(40)47(53)35-13-17-38(55-3)18-14-35)22-24-49(48,54)31-50(30-36-15-19-39(56-4)29-44(36)58-6)46(52)28-34-12-21-43(57-5)45(27-34)59-7/h9,11-15,17-21,26-27,29,37,42,51,54H,8,10,16,22-25,28,30-31H2,1-7H3/t37-,42-,48-,49+/m0/s1. The Bertz CT molecular complexity index is 2150. The van der Waals surface area contributed by atoms with Crippen molar-refractivity contribution in [3.05, 3.63) is 124 Å². The molecule has 314 valence electrons. The van der Waals surface area contributed by atoms with Gasteiger partial charge in [-0.25, -0.2) is 0 Å². The molecular weight excluding hydrogens is 747 g/mol. The molecule has 7 rings (SSSR count). The average molecular weight is 806 g/mol. The zero-order chi connectivity index (χ0) is 42.3. The van der Waals surface area contributed by atoms with E-state index in [4.69, 9.17) is 23.7 Å². The second-order valence-electron chi connectivity index (χ2n) is 16.3. The van der Waals surface area contributed by atoms with Crippen LogP contribution in [0.4, 0.5) is 0 Å². The van der Waals surface area contributed by atoms with E-state index in [2.05, 4.69) is 19.9 Å². The smallest absolute Gasteiger partial charge is 0.227 e. The lowest BCUT2D eigenvalue weighted by Gasteiger charge is -2.46. The van der Waals surface area contributed by atoms with E-state index >= 15 is 0 Å². The number of benzene rings is 4. The maximum absolute atomic E-state index is 14.7. The number of carbonyl (C=O) groups is 2. The van der Waals surface area contributed by atoms with Crippen LogP contribution in [-0.2, 0) is 24.2 Å². The molecule has 4 atom stereocenters. The number of rotatable bonds is 13. The first-order chi connectivity index (χ1) is 28.3. The van der Waals surface area contributed by atoms with E-state index in [1.54, 1.807) is 82.9 Å². The van der Waals surface area contributed by atoms with Gasteiger partial charge in [0.1, 0.15) is 17.2 Å². The van der Waals surface area contributed by atoms with Gasteiger partial charge in [-0.05, 0) is 129 Å². The van der Waals surface area contributed by atoms with E-state index in [-0.39, 0.29) is 37.1 Å². The number of allylic oxidation sites excluding steroid dienone is 2. The molecule has 0 unspecified atom stereocenters. The minimum absolute atomic E-state index is 0.0516. The Labute approximate surface area is 348 Å². The minimum atomic E-state index is -1.35. The molecule has 2 N–H and O–H groups in total. The SMILES string of the molecule is COc1ccc(C(=O)c2cc3ccc2[C@@H]2CC[C@@](O)(CN(Cc4ccc(OC)cc4OC)C(=O)Cc4ccc(OC)c(OC)c4)[C@@]2(C)CCC=C(C)CC[C@H](O)C3)cc1. The third-order valence-electron chi connectivity index (χ3n) is 12.7. The minimum Gasteiger partial charge on any atom is -0.497 e. The molecule has 4 aromatic rings. The van der Waals surface area contributed by atoms with Crippen LogP contribution in [-0.4, -0.2) is 80.6 Å². The average Bonchev–Trinajstić information content (AvgIpc) is 3.50. The van der Waals surface area contributed by atoms with Crippen molar-refractivity contribution in [1.29, 1.82) is 0 Å². The summed E-state index contributed by atoms with van der Waals surface area (Å²) in [7, 11) is 7.91. The van der Waals surface area contributed by atoms with Crippen molar-refractivity contribution >= 4 is 11.7 Å². The van der Waals surface area contributed by atoms with Crippen molar-refractivity contribution in [2.45, 2.75) is 89.4 Å². The van der Waals surface area contributed by atoms with Crippen LogP contribution >= 0.6 is 0 Å². The number of aliphatic hydroxyl groups is 2. The summed E-state index contributed by atoms with van der Waals surface area (Å²) in [6.45, 7) is 4.45. The number of ketones is 1. The number of amides is 1. The highest BCUT2D eigenvalue weighted by molar-refractivity contribution is 6.10. The van der Waals surface area contributed by atoms with Gasteiger partial charge in [0.15, 0.2) is 17.3 Å². The van der Waals surface area contributed by atoms with Gasteiger partial charge in [-0.2, -0.15) is 0 Å². The summed E-state index contributed by atoms with van der Waals surface area (Å²) in [5, 5.41) is 24.3. The molecule has 1 amide bonds. The van der Waals surface area contributed by atoms with Crippen LogP contribution in [0.2, 0.25) is 0 Å². The number of fused-ring (bicyclic) bond motifs is 8. The first kappa shape index (κ1) is 43.3. The van der Waals surface area contributed by atoms with Crippen LogP contribution in [0, 0.1) is 5.41 Å². The summed E-state index contributed by atoms with van der Waals surface area (Å²) >= 11 is 0. The number of hydrogen-bond donors (Lipinski definition) is 2. The molecule has 3 aliphatic rings. The fourth-order valence-corrected chi connectivity index (χ4v) is 9.11. The predicted molar refractivity (Wildman–Crippen MR) is 228 cm³/mol. The van der Waals surface area contributed by atoms with Crippen LogP contribution in [0.25, 0.3) is 0 Å². The Morgan fingerprint density at radius 2 is 1.49 bits per heavy atom.